The van der Waals surface area contributed by atoms with Crippen molar-refractivity contribution in [3.05, 3.63) is 29.3 Å². The first-order valence-corrected chi connectivity index (χ1v) is 8.78. The summed E-state index contributed by atoms with van der Waals surface area (Å²) in [6.45, 7) is -0.152. The second kappa shape index (κ2) is 5.59. The largest absolute Gasteiger partial charge is 0.326 e. The zero-order valence-corrected chi connectivity index (χ0v) is 12.6. The van der Waals surface area contributed by atoms with Crippen LogP contribution in [0.5, 0.6) is 0 Å². The van der Waals surface area contributed by atoms with E-state index in [4.69, 9.17) is 5.73 Å². The molecule has 112 valence electrons. The molecule has 0 bridgehead atoms. The number of hydrogen-bond donors (Lipinski definition) is 2. The van der Waals surface area contributed by atoms with Gasteiger partial charge in [-0.15, -0.1) is 0 Å². The van der Waals surface area contributed by atoms with Gasteiger partial charge < -0.3 is 5.73 Å². The summed E-state index contributed by atoms with van der Waals surface area (Å²) < 4.78 is 53.8. The zero-order chi connectivity index (χ0) is 15.0. The van der Waals surface area contributed by atoms with Gasteiger partial charge in [-0.1, -0.05) is 0 Å². The van der Waals surface area contributed by atoms with E-state index in [9.17, 15) is 17.2 Å². The van der Waals surface area contributed by atoms with Crippen LogP contribution in [0.2, 0.25) is 0 Å². The number of nitrogens with two attached hydrogens (primary N) is 1. The lowest BCUT2D eigenvalue weighted by Gasteiger charge is -2.14. The maximum Gasteiger partial charge on any atom is 0.243 e. The standard InChI is InChI=1S/C12H16F2N2O2S2/c1-19-12(4-5-12)7-16-20(17,18)10-3-2-9(13)8(6-15)11(10)14/h2-3,16H,4-7,15H2,1H3. The third-order valence-electron chi connectivity index (χ3n) is 3.47. The van der Waals surface area contributed by atoms with Gasteiger partial charge in [-0.05, 0) is 31.2 Å². The number of sulfonamides is 1. The van der Waals surface area contributed by atoms with Crippen LogP contribution in [0.25, 0.3) is 0 Å². The molecule has 2 rings (SSSR count). The van der Waals surface area contributed by atoms with E-state index < -0.39 is 38.7 Å². The smallest absolute Gasteiger partial charge is 0.243 e. The highest BCUT2D eigenvalue weighted by molar-refractivity contribution is 8.00. The van der Waals surface area contributed by atoms with E-state index in [1.165, 1.54) is 0 Å². The van der Waals surface area contributed by atoms with Gasteiger partial charge in [0.05, 0.1) is 0 Å². The Bertz CT molecular complexity index is 616. The topological polar surface area (TPSA) is 72.2 Å². The molecule has 0 aliphatic heterocycles. The third-order valence-corrected chi connectivity index (χ3v) is 6.31. The zero-order valence-electron chi connectivity index (χ0n) is 10.9. The lowest BCUT2D eigenvalue weighted by molar-refractivity contribution is 0.525. The molecule has 1 fully saturated rings. The van der Waals surface area contributed by atoms with Crippen LogP contribution in [0, 0.1) is 11.6 Å². The van der Waals surface area contributed by atoms with Gasteiger partial charge in [-0.3, -0.25) is 0 Å². The van der Waals surface area contributed by atoms with E-state index in [2.05, 4.69) is 4.72 Å². The lowest BCUT2D eigenvalue weighted by Crippen LogP contribution is -2.32. The van der Waals surface area contributed by atoms with Gasteiger partial charge in [-0.2, -0.15) is 11.8 Å². The van der Waals surface area contributed by atoms with Gasteiger partial charge in [0.2, 0.25) is 10.0 Å². The summed E-state index contributed by atoms with van der Waals surface area (Å²) in [6.07, 6.45) is 3.76. The van der Waals surface area contributed by atoms with Crippen LogP contribution in [-0.4, -0.2) is 26.0 Å². The molecule has 3 N–H and O–H groups in total. The molecule has 1 aromatic rings. The summed E-state index contributed by atoms with van der Waals surface area (Å²) >= 11 is 1.59. The predicted octanol–water partition coefficient (Wildman–Crippen LogP) is 1.60. The van der Waals surface area contributed by atoms with Crippen LogP contribution in [0.15, 0.2) is 17.0 Å². The first-order valence-electron chi connectivity index (χ1n) is 6.07. The van der Waals surface area contributed by atoms with E-state index >= 15 is 0 Å². The average Bonchev–Trinajstić information content (AvgIpc) is 3.17. The summed E-state index contributed by atoms with van der Waals surface area (Å²) in [5.41, 5.74) is 4.82. The monoisotopic (exact) mass is 322 g/mol. The van der Waals surface area contributed by atoms with Crippen molar-refractivity contribution in [2.24, 2.45) is 5.73 Å². The number of nitrogens with one attached hydrogen (secondary N) is 1. The van der Waals surface area contributed by atoms with E-state index in [-0.39, 0.29) is 11.3 Å². The molecule has 0 heterocycles. The highest BCUT2D eigenvalue weighted by Gasteiger charge is 2.42. The maximum atomic E-state index is 14.0. The number of thioether (sulfide) groups is 1. The molecule has 0 saturated heterocycles. The van der Waals surface area contributed by atoms with Crippen molar-refractivity contribution in [3.63, 3.8) is 0 Å². The van der Waals surface area contributed by atoms with E-state index in [0.29, 0.717) is 0 Å². The summed E-state index contributed by atoms with van der Waals surface area (Å²) in [4.78, 5) is -0.559. The van der Waals surface area contributed by atoms with E-state index in [0.717, 1.165) is 25.0 Å². The Morgan fingerprint density at radius 1 is 1.40 bits per heavy atom. The van der Waals surface area contributed by atoms with Crippen molar-refractivity contribution >= 4 is 21.8 Å². The molecule has 8 heteroatoms. The molecule has 0 amide bonds. The van der Waals surface area contributed by atoms with Crippen LogP contribution in [0.3, 0.4) is 0 Å². The first kappa shape index (κ1) is 15.7. The Balaban J connectivity index is 2.26. The molecule has 0 aromatic heterocycles. The highest BCUT2D eigenvalue weighted by atomic mass is 32.2. The van der Waals surface area contributed by atoms with Crippen LogP contribution in [-0.2, 0) is 16.6 Å². The summed E-state index contributed by atoms with van der Waals surface area (Å²) in [5.74, 6) is -1.96. The Hall–Kier alpha value is -0.700. The summed E-state index contributed by atoms with van der Waals surface area (Å²) in [6, 6.07) is 1.84. The molecule has 1 saturated carbocycles. The van der Waals surface area contributed by atoms with Crippen molar-refractivity contribution in [3.8, 4) is 0 Å². The molecular weight excluding hydrogens is 306 g/mol. The predicted molar refractivity (Wildman–Crippen MR) is 74.9 cm³/mol. The molecule has 0 radical (unpaired) electrons. The number of benzene rings is 1. The maximum absolute atomic E-state index is 14.0. The van der Waals surface area contributed by atoms with E-state index in [1.54, 1.807) is 11.8 Å². The molecule has 1 aromatic carbocycles. The number of hydrogen-bond acceptors (Lipinski definition) is 4. The Kier molecular flexibility index (Phi) is 4.38. The molecule has 0 unspecified atom stereocenters. The Morgan fingerprint density at radius 3 is 2.55 bits per heavy atom. The van der Waals surface area contributed by atoms with Crippen LogP contribution < -0.4 is 10.5 Å². The molecule has 0 atom stereocenters. The normalized spacial score (nSPS) is 17.2. The second-order valence-electron chi connectivity index (χ2n) is 4.75. The molecule has 1 aliphatic carbocycles. The van der Waals surface area contributed by atoms with Gasteiger partial charge in [0.15, 0.2) is 5.82 Å². The van der Waals surface area contributed by atoms with Crippen molar-refractivity contribution < 1.29 is 17.2 Å². The summed E-state index contributed by atoms with van der Waals surface area (Å²) in [7, 11) is -4.00. The Labute approximate surface area is 121 Å². The fourth-order valence-electron chi connectivity index (χ4n) is 1.87. The van der Waals surface area contributed by atoms with Gasteiger partial charge in [0, 0.05) is 23.4 Å². The minimum Gasteiger partial charge on any atom is -0.326 e. The van der Waals surface area contributed by atoms with Crippen molar-refractivity contribution in [1.82, 2.24) is 4.72 Å². The third kappa shape index (κ3) is 2.98. The van der Waals surface area contributed by atoms with Crippen molar-refractivity contribution in [2.75, 3.05) is 12.8 Å². The van der Waals surface area contributed by atoms with Crippen LogP contribution >= 0.6 is 11.8 Å². The quantitative estimate of drug-likeness (QED) is 0.834. The number of halogens is 2. The van der Waals surface area contributed by atoms with E-state index in [1.807, 2.05) is 6.26 Å². The van der Waals surface area contributed by atoms with Gasteiger partial charge >= 0.3 is 0 Å². The minimum absolute atomic E-state index is 0.0831. The molecule has 4 nitrogen and oxygen atoms in total. The average molecular weight is 322 g/mol. The fourth-order valence-corrected chi connectivity index (χ4v) is 3.91. The Morgan fingerprint density at radius 2 is 2.05 bits per heavy atom. The van der Waals surface area contributed by atoms with Crippen LogP contribution in [0.4, 0.5) is 8.78 Å². The first-order chi connectivity index (χ1) is 9.35. The highest BCUT2D eigenvalue weighted by Crippen LogP contribution is 2.46. The molecular formula is C12H16F2N2O2S2. The molecule has 0 spiro atoms. The minimum atomic E-state index is -4.00. The lowest BCUT2D eigenvalue weighted by atomic mass is 10.2. The van der Waals surface area contributed by atoms with Gasteiger partial charge in [0.1, 0.15) is 10.7 Å². The summed E-state index contributed by atoms with van der Waals surface area (Å²) in [5, 5.41) is 0. The second-order valence-corrected chi connectivity index (χ2v) is 7.76. The van der Waals surface area contributed by atoms with Crippen molar-refractivity contribution in [1.29, 1.82) is 0 Å². The number of rotatable bonds is 6. The molecule has 20 heavy (non-hydrogen) atoms. The SMILES string of the molecule is CSC1(CNS(=O)(=O)c2ccc(F)c(CN)c2F)CC1. The van der Waals surface area contributed by atoms with Gasteiger partial charge in [-0.25, -0.2) is 21.9 Å². The molecule has 1 aliphatic rings. The fraction of sp³-hybridized carbons (Fsp3) is 0.500. The van der Waals surface area contributed by atoms with Gasteiger partial charge in [0.25, 0.3) is 0 Å². The van der Waals surface area contributed by atoms with Crippen LogP contribution in [0.1, 0.15) is 18.4 Å². The van der Waals surface area contributed by atoms with Crippen molar-refractivity contribution in [2.45, 2.75) is 29.0 Å².